The monoisotopic (exact) mass is 866 g/mol. The van der Waals surface area contributed by atoms with Crippen LogP contribution in [-0.4, -0.2) is 74.8 Å². The van der Waals surface area contributed by atoms with Crippen LogP contribution < -0.4 is 10.6 Å². The number of thioether (sulfide) groups is 2. The third-order valence-electron chi connectivity index (χ3n) is 7.35. The second-order valence-corrected chi connectivity index (χ2v) is 17.1. The Bertz CT molecular complexity index is 2630. The van der Waals surface area contributed by atoms with E-state index in [4.69, 9.17) is 8.83 Å². The number of nitrogens with zero attached hydrogens (tertiary/aromatic N) is 6. The zero-order valence-corrected chi connectivity index (χ0v) is 34.8. The first-order valence-electron chi connectivity index (χ1n) is 17.4. The molecule has 0 aliphatic carbocycles. The van der Waals surface area contributed by atoms with Crippen LogP contribution in [0.3, 0.4) is 0 Å². The Hall–Kier alpha value is -5.96. The zero-order chi connectivity index (χ0) is 41.7. The second kappa shape index (κ2) is 19.9. The molecule has 0 bridgehead atoms. The Morgan fingerprint density at radius 1 is 0.621 bits per heavy atom. The van der Waals surface area contributed by atoms with Crippen molar-refractivity contribution in [2.24, 2.45) is 0 Å². The fourth-order valence-electron chi connectivity index (χ4n) is 4.84. The highest BCUT2D eigenvalue weighted by Gasteiger charge is 2.29. The largest absolute Gasteiger partial charge is 0.461 e. The molecule has 4 aromatic heterocycles. The lowest BCUT2D eigenvalue weighted by molar-refractivity contribution is -0.114. The summed E-state index contributed by atoms with van der Waals surface area (Å²) in [4.78, 5) is 24.4. The summed E-state index contributed by atoms with van der Waals surface area (Å²) in [6, 6.07) is 30.9. The number of aromatic nitrogens is 6. The molecule has 7 rings (SSSR count). The van der Waals surface area contributed by atoms with Crippen molar-refractivity contribution in [2.45, 2.75) is 36.0 Å². The summed E-state index contributed by atoms with van der Waals surface area (Å²) < 4.78 is 63.5. The van der Waals surface area contributed by atoms with E-state index in [0.29, 0.717) is 11.4 Å². The smallest absolute Gasteiger partial charge is 0.271 e. The molecule has 2 amide bonds. The van der Waals surface area contributed by atoms with Gasteiger partial charge in [0.25, 0.3) is 10.0 Å². The number of benzene rings is 3. The summed E-state index contributed by atoms with van der Waals surface area (Å²) >= 11 is 1.95. The lowest BCUT2D eigenvalue weighted by Gasteiger charge is -2.11. The van der Waals surface area contributed by atoms with Gasteiger partial charge in [0.05, 0.1) is 35.2 Å². The lowest BCUT2D eigenvalue weighted by atomic mass is 10.2. The highest BCUT2D eigenvalue weighted by Crippen LogP contribution is 2.30. The highest BCUT2D eigenvalue weighted by atomic mass is 32.2. The van der Waals surface area contributed by atoms with Gasteiger partial charge in [0.15, 0.2) is 11.5 Å². The van der Waals surface area contributed by atoms with E-state index in [9.17, 15) is 26.4 Å². The van der Waals surface area contributed by atoms with E-state index in [1.54, 1.807) is 72.8 Å². The summed E-state index contributed by atoms with van der Waals surface area (Å²) in [7, 11) is -7.70. The molecule has 7 aromatic rings. The van der Waals surface area contributed by atoms with Crippen molar-refractivity contribution in [1.82, 2.24) is 28.3 Å². The molecule has 306 valence electrons. The Morgan fingerprint density at radius 2 is 1.05 bits per heavy atom. The van der Waals surface area contributed by atoms with Gasteiger partial charge in [-0.3, -0.25) is 9.59 Å². The van der Waals surface area contributed by atoms with Crippen LogP contribution in [0.2, 0.25) is 0 Å². The van der Waals surface area contributed by atoms with Gasteiger partial charge in [0.1, 0.15) is 0 Å². The summed E-state index contributed by atoms with van der Waals surface area (Å²) in [6.07, 6.45) is 3.88. The SMILES string of the molecule is CC.CS(=O)(=O)n1c(SCC(=O)Nc2ccccc2)nnc1-c1ccco1.Cc1ccc(S(=O)(=O)n2c(SCC(=O)Nc3ccccc3)nnc2-c2ccco2)cc1.[HH].[HH]. The van der Waals surface area contributed by atoms with Crippen LogP contribution in [0.15, 0.2) is 146 Å². The number of hydrogen-bond donors (Lipinski definition) is 2. The summed E-state index contributed by atoms with van der Waals surface area (Å²) in [6.45, 7) is 5.87. The van der Waals surface area contributed by atoms with Crippen LogP contribution in [0.25, 0.3) is 23.2 Å². The van der Waals surface area contributed by atoms with Crippen molar-refractivity contribution in [3.63, 3.8) is 0 Å². The average molecular weight is 867 g/mol. The predicted octanol–water partition coefficient (Wildman–Crippen LogP) is 7.41. The molecule has 0 spiro atoms. The number of furan rings is 2. The van der Waals surface area contributed by atoms with Crippen LogP contribution in [0.4, 0.5) is 11.4 Å². The van der Waals surface area contributed by atoms with Crippen LogP contribution in [-0.2, 0) is 29.6 Å². The number of anilines is 2. The number of aryl methyl sites for hydroxylation is 1. The lowest BCUT2D eigenvalue weighted by Crippen LogP contribution is -2.18. The van der Waals surface area contributed by atoms with Gasteiger partial charge in [0.2, 0.25) is 43.8 Å². The Kier molecular flexibility index (Phi) is 14.8. The molecule has 0 aliphatic rings. The van der Waals surface area contributed by atoms with Crippen molar-refractivity contribution >= 4 is 66.8 Å². The molecule has 0 unspecified atom stereocenters. The van der Waals surface area contributed by atoms with Gasteiger partial charge < -0.3 is 19.5 Å². The molecule has 0 fully saturated rings. The molecule has 3 aromatic carbocycles. The van der Waals surface area contributed by atoms with Gasteiger partial charge in [-0.2, -0.15) is 7.94 Å². The maximum absolute atomic E-state index is 13.4. The molecule has 0 aliphatic heterocycles. The van der Waals surface area contributed by atoms with Crippen LogP contribution >= 0.6 is 23.5 Å². The summed E-state index contributed by atoms with van der Waals surface area (Å²) in [5, 5.41) is 21.4. The van der Waals surface area contributed by atoms with E-state index in [2.05, 4.69) is 31.0 Å². The average Bonchev–Trinajstić information content (AvgIpc) is 4.05. The van der Waals surface area contributed by atoms with Crippen LogP contribution in [0.5, 0.6) is 0 Å². The van der Waals surface area contributed by atoms with E-state index < -0.39 is 20.0 Å². The molecular weight excluding hydrogens is 825 g/mol. The number of carbonyl (C=O) groups excluding carboxylic acids is 2. The fraction of sp³-hybridized carbons (Fsp3) is 0.158. The molecule has 20 heteroatoms. The van der Waals surface area contributed by atoms with Gasteiger partial charge in [-0.05, 0) is 67.6 Å². The first kappa shape index (κ1) is 43.2. The standard InChI is InChI=1S/C21H18N4O4S2.C15H14N4O4S2.C2H6.2H2/c1-15-9-11-17(12-10-15)31(27,28)25-20(18-8-5-13-29-18)23-24-21(25)30-14-19(26)22-16-6-3-2-4-7-16;1-25(21,22)19-14(12-8-5-9-23-12)17-18-15(19)24-10-13(20)16-11-6-3-2-4-7-11;1-2;;/h2-13H,14H2,1H3,(H,22,26);2-9H,10H2,1H3,(H,16,20);1-2H3;2*1H. The van der Waals surface area contributed by atoms with Crippen molar-refractivity contribution in [1.29, 1.82) is 0 Å². The highest BCUT2D eigenvalue weighted by molar-refractivity contribution is 8.00. The number of para-hydroxylation sites is 2. The molecule has 4 heterocycles. The molecule has 58 heavy (non-hydrogen) atoms. The van der Waals surface area contributed by atoms with E-state index >= 15 is 0 Å². The van der Waals surface area contributed by atoms with Gasteiger partial charge in [-0.25, -0.2) is 16.8 Å². The maximum Gasteiger partial charge on any atom is 0.271 e. The summed E-state index contributed by atoms with van der Waals surface area (Å²) in [5.41, 5.74) is 2.24. The van der Waals surface area contributed by atoms with Crippen LogP contribution in [0.1, 0.15) is 22.3 Å². The second-order valence-electron chi connectivity index (χ2n) is 11.6. The zero-order valence-electron chi connectivity index (χ0n) is 31.5. The Morgan fingerprint density at radius 3 is 1.47 bits per heavy atom. The maximum atomic E-state index is 13.4. The van der Waals surface area contributed by atoms with Crippen molar-refractivity contribution in [3.05, 3.63) is 127 Å². The van der Waals surface area contributed by atoms with Gasteiger partial charge in [0, 0.05) is 14.2 Å². The molecule has 16 nitrogen and oxygen atoms in total. The molecule has 0 saturated heterocycles. The normalized spacial score (nSPS) is 11.1. The summed E-state index contributed by atoms with van der Waals surface area (Å²) in [5.74, 6) is 0.00379. The Labute approximate surface area is 346 Å². The minimum absolute atomic E-state index is 0. The Balaban J connectivity index is 0.000000304. The van der Waals surface area contributed by atoms with Crippen molar-refractivity contribution in [2.75, 3.05) is 28.4 Å². The number of carbonyl (C=O) groups is 2. The van der Waals surface area contributed by atoms with E-state index in [-0.39, 0.29) is 64.6 Å². The first-order valence-corrected chi connectivity index (χ1v) is 22.6. The molecule has 0 atom stereocenters. The number of amides is 2. The van der Waals surface area contributed by atoms with Crippen LogP contribution in [0, 0.1) is 6.92 Å². The number of rotatable bonds is 13. The van der Waals surface area contributed by atoms with Gasteiger partial charge >= 0.3 is 0 Å². The third-order valence-corrected chi connectivity index (χ3v) is 12.1. The minimum atomic E-state index is -4.03. The topological polar surface area (TPSA) is 214 Å². The first-order chi connectivity index (χ1) is 27.9. The molecular formula is C38H42N8O8S4. The quantitative estimate of drug-likeness (QED) is 0.108. The van der Waals surface area contributed by atoms with Crippen molar-refractivity contribution in [3.8, 4) is 23.2 Å². The minimum Gasteiger partial charge on any atom is -0.461 e. The molecule has 2 N–H and O–H groups in total. The fourth-order valence-corrected chi connectivity index (χ4v) is 9.17. The third kappa shape index (κ3) is 11.1. The van der Waals surface area contributed by atoms with E-state index in [1.807, 2.05) is 45.0 Å². The molecule has 0 saturated carbocycles. The van der Waals surface area contributed by atoms with Gasteiger partial charge in [-0.1, -0.05) is 91.5 Å². The van der Waals surface area contributed by atoms with E-state index in [0.717, 1.165) is 43.3 Å². The number of hydrogen-bond acceptors (Lipinski definition) is 14. The molecule has 0 radical (unpaired) electrons. The van der Waals surface area contributed by atoms with Gasteiger partial charge in [-0.15, -0.1) is 20.4 Å². The van der Waals surface area contributed by atoms with E-state index in [1.165, 1.54) is 24.7 Å². The number of nitrogens with one attached hydrogen (secondary N) is 2. The van der Waals surface area contributed by atoms with Crippen molar-refractivity contribution < 1.29 is 38.1 Å². The predicted molar refractivity (Wildman–Crippen MR) is 227 cm³/mol.